The van der Waals surface area contributed by atoms with Crippen LogP contribution in [0.4, 0.5) is 5.69 Å². The fourth-order valence-corrected chi connectivity index (χ4v) is 2.74. The third kappa shape index (κ3) is 5.50. The normalized spacial score (nSPS) is 10.8. The molecule has 156 valence electrons. The summed E-state index contributed by atoms with van der Waals surface area (Å²) in [4.78, 5) is 25.3. The van der Waals surface area contributed by atoms with Gasteiger partial charge in [0.05, 0.1) is 12.2 Å². The number of rotatable bonds is 8. The van der Waals surface area contributed by atoms with Gasteiger partial charge < -0.3 is 10.1 Å². The van der Waals surface area contributed by atoms with Crippen molar-refractivity contribution in [3.05, 3.63) is 59.7 Å². The molecule has 0 radical (unpaired) electrons. The lowest BCUT2D eigenvalue weighted by Gasteiger charge is -2.06. The Bertz CT molecular complexity index is 994. The molecule has 1 heterocycles. The van der Waals surface area contributed by atoms with Crippen molar-refractivity contribution >= 4 is 17.6 Å². The van der Waals surface area contributed by atoms with Crippen LogP contribution in [0.25, 0.3) is 11.4 Å². The number of aromatic nitrogens is 4. The van der Waals surface area contributed by atoms with E-state index >= 15 is 0 Å². The van der Waals surface area contributed by atoms with Crippen LogP contribution in [0.1, 0.15) is 49.0 Å². The highest BCUT2D eigenvalue weighted by atomic mass is 16.5. The van der Waals surface area contributed by atoms with Crippen LogP contribution in [-0.4, -0.2) is 38.7 Å². The number of carbonyl (C=O) groups is 2. The van der Waals surface area contributed by atoms with Gasteiger partial charge in [-0.25, -0.2) is 4.79 Å². The number of ether oxygens (including phenoxy) is 1. The lowest BCUT2D eigenvalue weighted by Crippen LogP contribution is -2.20. The molecule has 3 rings (SSSR count). The number of tetrazole rings is 1. The molecule has 2 aromatic carbocycles. The topological polar surface area (TPSA) is 99.0 Å². The lowest BCUT2D eigenvalue weighted by atomic mass is 10.0. The summed E-state index contributed by atoms with van der Waals surface area (Å²) in [5, 5.41) is 15.0. The van der Waals surface area contributed by atoms with E-state index < -0.39 is 0 Å². The predicted molar refractivity (Wildman–Crippen MR) is 113 cm³/mol. The van der Waals surface area contributed by atoms with Gasteiger partial charge >= 0.3 is 5.97 Å². The standard InChI is InChI=1S/C22H25N5O3/c1-4-13-30-22(29)18-9-11-19(12-10-18)23-20(28)14-27-25-21(24-26-27)17-7-5-16(6-8-17)15(2)3/h5-12,15H,4,13-14H2,1-3H3,(H,23,28). The van der Waals surface area contributed by atoms with E-state index in [-0.39, 0.29) is 18.4 Å². The van der Waals surface area contributed by atoms with Gasteiger partial charge in [0.1, 0.15) is 6.54 Å². The van der Waals surface area contributed by atoms with Crippen molar-refractivity contribution in [2.24, 2.45) is 0 Å². The first-order valence-corrected chi connectivity index (χ1v) is 9.91. The lowest BCUT2D eigenvalue weighted by molar-refractivity contribution is -0.117. The maximum absolute atomic E-state index is 12.3. The number of anilines is 1. The number of benzene rings is 2. The molecule has 8 heteroatoms. The first-order valence-electron chi connectivity index (χ1n) is 9.91. The molecule has 0 saturated heterocycles. The summed E-state index contributed by atoms with van der Waals surface area (Å²) in [5.41, 5.74) is 3.08. The Balaban J connectivity index is 1.57. The molecule has 0 saturated carbocycles. The molecule has 0 aliphatic rings. The average molecular weight is 407 g/mol. The SMILES string of the molecule is CCCOC(=O)c1ccc(NC(=O)Cn2nnc(-c3ccc(C(C)C)cc3)n2)cc1. The molecule has 8 nitrogen and oxygen atoms in total. The smallest absolute Gasteiger partial charge is 0.338 e. The Labute approximate surface area is 175 Å². The van der Waals surface area contributed by atoms with Gasteiger partial charge in [0, 0.05) is 11.3 Å². The Hall–Kier alpha value is -3.55. The van der Waals surface area contributed by atoms with Crippen molar-refractivity contribution in [1.82, 2.24) is 20.2 Å². The molecule has 1 aromatic heterocycles. The van der Waals surface area contributed by atoms with Crippen LogP contribution in [0.5, 0.6) is 0 Å². The average Bonchev–Trinajstić information content (AvgIpc) is 3.20. The highest BCUT2D eigenvalue weighted by Crippen LogP contribution is 2.19. The highest BCUT2D eigenvalue weighted by Gasteiger charge is 2.11. The van der Waals surface area contributed by atoms with Crippen LogP contribution in [0.3, 0.4) is 0 Å². The highest BCUT2D eigenvalue weighted by molar-refractivity contribution is 5.92. The number of nitrogens with zero attached hydrogens (tertiary/aromatic N) is 4. The van der Waals surface area contributed by atoms with Crippen LogP contribution < -0.4 is 5.32 Å². The molecule has 30 heavy (non-hydrogen) atoms. The summed E-state index contributed by atoms with van der Waals surface area (Å²) < 4.78 is 5.08. The minimum Gasteiger partial charge on any atom is -0.462 e. The number of carbonyl (C=O) groups excluding carboxylic acids is 2. The van der Waals surface area contributed by atoms with Gasteiger partial charge in [0.25, 0.3) is 0 Å². The number of nitrogens with one attached hydrogen (secondary N) is 1. The largest absolute Gasteiger partial charge is 0.462 e. The van der Waals surface area contributed by atoms with Gasteiger partial charge in [-0.1, -0.05) is 45.0 Å². The molecule has 0 unspecified atom stereocenters. The summed E-state index contributed by atoms with van der Waals surface area (Å²) in [6.07, 6.45) is 0.765. The van der Waals surface area contributed by atoms with Crippen molar-refractivity contribution in [1.29, 1.82) is 0 Å². The third-order valence-electron chi connectivity index (χ3n) is 4.42. The number of hydrogen-bond donors (Lipinski definition) is 1. The Kier molecular flexibility index (Phi) is 6.90. The molecule has 1 N–H and O–H groups in total. The van der Waals surface area contributed by atoms with E-state index in [1.807, 2.05) is 31.2 Å². The number of esters is 1. The van der Waals surface area contributed by atoms with Crippen molar-refractivity contribution in [3.63, 3.8) is 0 Å². The Morgan fingerprint density at radius 2 is 1.77 bits per heavy atom. The molecule has 0 fully saturated rings. The third-order valence-corrected chi connectivity index (χ3v) is 4.42. The van der Waals surface area contributed by atoms with E-state index in [4.69, 9.17) is 4.74 Å². The van der Waals surface area contributed by atoms with Gasteiger partial charge in [-0.2, -0.15) is 4.80 Å². The van der Waals surface area contributed by atoms with Crippen molar-refractivity contribution in [2.45, 2.75) is 39.7 Å². The molecule has 3 aromatic rings. The van der Waals surface area contributed by atoms with Gasteiger partial charge in [-0.05, 0) is 47.4 Å². The summed E-state index contributed by atoms with van der Waals surface area (Å²) in [7, 11) is 0. The van der Waals surface area contributed by atoms with E-state index in [0.29, 0.717) is 29.6 Å². The van der Waals surface area contributed by atoms with Crippen LogP contribution in [0.2, 0.25) is 0 Å². The van der Waals surface area contributed by atoms with Crippen LogP contribution in [0.15, 0.2) is 48.5 Å². The predicted octanol–water partition coefficient (Wildman–Crippen LogP) is 3.67. The monoisotopic (exact) mass is 407 g/mol. The van der Waals surface area contributed by atoms with E-state index in [9.17, 15) is 9.59 Å². The molecular weight excluding hydrogens is 382 g/mol. The minimum absolute atomic E-state index is 0.0721. The molecule has 0 spiro atoms. The maximum atomic E-state index is 12.3. The maximum Gasteiger partial charge on any atom is 0.338 e. The zero-order chi connectivity index (χ0) is 21.5. The molecule has 1 amide bonds. The summed E-state index contributed by atoms with van der Waals surface area (Å²) in [6, 6.07) is 14.5. The van der Waals surface area contributed by atoms with Crippen molar-refractivity contribution in [2.75, 3.05) is 11.9 Å². The summed E-state index contributed by atoms with van der Waals surface area (Å²) in [5.74, 6) is 0.237. The minimum atomic E-state index is -0.379. The summed E-state index contributed by atoms with van der Waals surface area (Å²) in [6.45, 7) is 6.51. The van der Waals surface area contributed by atoms with E-state index in [1.165, 1.54) is 10.4 Å². The van der Waals surface area contributed by atoms with E-state index in [1.54, 1.807) is 24.3 Å². The molecular formula is C22H25N5O3. The fourth-order valence-electron chi connectivity index (χ4n) is 2.74. The van der Waals surface area contributed by atoms with Crippen molar-refractivity contribution in [3.8, 4) is 11.4 Å². The van der Waals surface area contributed by atoms with Gasteiger partial charge in [-0.15, -0.1) is 10.2 Å². The molecule has 0 aliphatic heterocycles. The number of amides is 1. The fraction of sp³-hybridized carbons (Fsp3) is 0.318. The van der Waals surface area contributed by atoms with Gasteiger partial charge in [-0.3, -0.25) is 4.79 Å². The summed E-state index contributed by atoms with van der Waals surface area (Å²) >= 11 is 0. The van der Waals surface area contributed by atoms with Crippen LogP contribution in [-0.2, 0) is 16.1 Å². The molecule has 0 bridgehead atoms. The first-order chi connectivity index (χ1) is 14.5. The zero-order valence-corrected chi connectivity index (χ0v) is 17.3. The van der Waals surface area contributed by atoms with Gasteiger partial charge in [0.2, 0.25) is 11.7 Å². The van der Waals surface area contributed by atoms with Crippen molar-refractivity contribution < 1.29 is 14.3 Å². The Morgan fingerprint density at radius 3 is 2.40 bits per heavy atom. The van der Waals surface area contributed by atoms with Crippen LogP contribution in [0, 0.1) is 0 Å². The van der Waals surface area contributed by atoms with E-state index in [2.05, 4.69) is 34.6 Å². The second-order valence-corrected chi connectivity index (χ2v) is 7.18. The second kappa shape index (κ2) is 9.78. The zero-order valence-electron chi connectivity index (χ0n) is 17.3. The van der Waals surface area contributed by atoms with Crippen LogP contribution >= 0.6 is 0 Å². The quantitative estimate of drug-likeness (QED) is 0.572. The van der Waals surface area contributed by atoms with Gasteiger partial charge in [0.15, 0.2) is 0 Å². The molecule has 0 aliphatic carbocycles. The number of hydrogen-bond acceptors (Lipinski definition) is 6. The molecule has 0 atom stereocenters. The van der Waals surface area contributed by atoms with E-state index in [0.717, 1.165) is 12.0 Å². The first kappa shape index (κ1) is 21.2. The second-order valence-electron chi connectivity index (χ2n) is 7.18. The Morgan fingerprint density at radius 1 is 1.07 bits per heavy atom.